The van der Waals surface area contributed by atoms with Crippen molar-refractivity contribution in [3.8, 4) is 0 Å². The van der Waals surface area contributed by atoms with Gasteiger partial charge < -0.3 is 14.2 Å². The zero-order valence-electron chi connectivity index (χ0n) is 50.6. The fourth-order valence-electron chi connectivity index (χ4n) is 8.54. The number of esters is 3. The lowest BCUT2D eigenvalue weighted by molar-refractivity contribution is -0.167. The van der Waals surface area contributed by atoms with E-state index >= 15 is 0 Å². The molecule has 78 heavy (non-hydrogen) atoms. The standard InChI is InChI=1S/C72H118O6/c1-4-7-10-13-16-19-22-25-26-27-28-29-30-31-32-33-34-35-36-37-38-39-40-41-42-43-44-45-46-48-50-53-56-59-62-65-71(74)77-68-69(67-76-70(73)64-61-58-55-52-49-24-21-18-15-12-9-6-3)78-72(75)66-63-60-57-54-51-47-23-20-17-14-11-8-5-2/h7,10,16,18-21,23,25-26,28-29,31-32,34-35,37-38,40-41,43-44,69H,4-6,8-9,11-15,17,22,24,27,30,33,36,39,42,45-68H2,1-3H3/b10-7-,19-16-,21-18-,23-20-,26-25-,29-28-,32-31-,35-34-,38-37-,41-40-,44-43-. The Bertz CT molecular complexity index is 1670. The van der Waals surface area contributed by atoms with Crippen molar-refractivity contribution in [2.75, 3.05) is 13.2 Å². The van der Waals surface area contributed by atoms with E-state index in [-0.39, 0.29) is 31.1 Å². The Balaban J connectivity index is 4.23. The number of carbonyl (C=O) groups excluding carboxylic acids is 3. The Hall–Kier alpha value is -4.45. The zero-order valence-corrected chi connectivity index (χ0v) is 50.6. The van der Waals surface area contributed by atoms with Gasteiger partial charge in [-0.25, -0.2) is 0 Å². The first-order chi connectivity index (χ1) is 38.5. The number of allylic oxidation sites excluding steroid dienone is 22. The van der Waals surface area contributed by atoms with Crippen LogP contribution < -0.4 is 0 Å². The van der Waals surface area contributed by atoms with Crippen LogP contribution in [0.15, 0.2) is 134 Å². The molecular formula is C72H118O6. The van der Waals surface area contributed by atoms with Gasteiger partial charge in [-0.15, -0.1) is 0 Å². The van der Waals surface area contributed by atoms with E-state index in [0.717, 1.165) is 141 Å². The molecule has 0 fully saturated rings. The van der Waals surface area contributed by atoms with Gasteiger partial charge in [0.05, 0.1) is 0 Å². The molecule has 0 bridgehead atoms. The molecule has 0 aliphatic heterocycles. The third kappa shape index (κ3) is 62.4. The molecule has 0 aliphatic carbocycles. The van der Waals surface area contributed by atoms with Gasteiger partial charge in [0.15, 0.2) is 6.10 Å². The summed E-state index contributed by atoms with van der Waals surface area (Å²) in [6.45, 7) is 6.46. The SMILES string of the molecule is CC/C=C\C/C=C\C/C=C\C/C=C\C/C=C\C/C=C\C/C=C\C/C=C\C/C=C\CCCCCCCCCC(=O)OCC(COC(=O)CCCCCCC/C=C\CCCCC)OC(=O)CCCCCCC/C=C\CCCCCC. The van der Waals surface area contributed by atoms with Crippen molar-refractivity contribution in [3.05, 3.63) is 134 Å². The minimum Gasteiger partial charge on any atom is -0.462 e. The summed E-state index contributed by atoms with van der Waals surface area (Å²) in [5, 5.41) is 0. The number of carbonyl (C=O) groups is 3. The van der Waals surface area contributed by atoms with Crippen LogP contribution in [0.3, 0.4) is 0 Å². The molecule has 0 aromatic carbocycles. The third-order valence-corrected chi connectivity index (χ3v) is 13.4. The molecule has 0 saturated carbocycles. The predicted octanol–water partition coefficient (Wildman–Crippen LogP) is 22.2. The van der Waals surface area contributed by atoms with Crippen LogP contribution in [0.2, 0.25) is 0 Å². The van der Waals surface area contributed by atoms with Crippen LogP contribution in [0.1, 0.15) is 284 Å². The second kappa shape index (κ2) is 65.1. The van der Waals surface area contributed by atoms with Crippen LogP contribution in [-0.4, -0.2) is 37.2 Å². The molecule has 0 saturated heterocycles. The molecule has 0 spiro atoms. The summed E-state index contributed by atoms with van der Waals surface area (Å²) in [6.07, 6.45) is 91.8. The van der Waals surface area contributed by atoms with E-state index < -0.39 is 6.10 Å². The molecule has 442 valence electrons. The Kier molecular flexibility index (Phi) is 61.4. The first-order valence-corrected chi connectivity index (χ1v) is 32.2. The minimum atomic E-state index is -0.793. The number of ether oxygens (including phenoxy) is 3. The minimum absolute atomic E-state index is 0.0907. The van der Waals surface area contributed by atoms with Gasteiger partial charge in [0.25, 0.3) is 0 Å². The normalized spacial score (nSPS) is 13.0. The maximum atomic E-state index is 12.8. The van der Waals surface area contributed by atoms with E-state index in [2.05, 4.69) is 154 Å². The van der Waals surface area contributed by atoms with Crippen LogP contribution >= 0.6 is 0 Å². The largest absolute Gasteiger partial charge is 0.462 e. The smallest absolute Gasteiger partial charge is 0.306 e. The quantitative estimate of drug-likeness (QED) is 0.0261. The maximum Gasteiger partial charge on any atom is 0.306 e. The molecule has 0 rings (SSSR count). The Morgan fingerprint density at radius 1 is 0.269 bits per heavy atom. The summed E-state index contributed by atoms with van der Waals surface area (Å²) in [5.74, 6) is -0.919. The lowest BCUT2D eigenvalue weighted by atomic mass is 10.1. The highest BCUT2D eigenvalue weighted by Crippen LogP contribution is 2.14. The molecule has 1 unspecified atom stereocenters. The molecule has 1 atom stereocenters. The Morgan fingerprint density at radius 3 is 0.821 bits per heavy atom. The second-order valence-electron chi connectivity index (χ2n) is 20.9. The first kappa shape index (κ1) is 73.5. The average molecular weight is 1080 g/mol. The summed E-state index contributed by atoms with van der Waals surface area (Å²) in [7, 11) is 0. The molecule has 0 aromatic rings. The van der Waals surface area contributed by atoms with Crippen molar-refractivity contribution in [1.82, 2.24) is 0 Å². The fraction of sp³-hybridized carbons (Fsp3) is 0.653. The molecule has 0 amide bonds. The Labute approximate surface area is 481 Å². The van der Waals surface area contributed by atoms with Crippen LogP contribution in [0.4, 0.5) is 0 Å². The average Bonchev–Trinajstić information content (AvgIpc) is 3.44. The summed E-state index contributed by atoms with van der Waals surface area (Å²) < 4.78 is 16.8. The molecule has 0 aliphatic rings. The van der Waals surface area contributed by atoms with Gasteiger partial charge in [0.2, 0.25) is 0 Å². The van der Waals surface area contributed by atoms with Gasteiger partial charge >= 0.3 is 17.9 Å². The van der Waals surface area contributed by atoms with E-state index in [9.17, 15) is 14.4 Å². The highest BCUT2D eigenvalue weighted by Gasteiger charge is 2.19. The van der Waals surface area contributed by atoms with E-state index in [1.165, 1.54) is 103 Å². The van der Waals surface area contributed by atoms with E-state index in [1.807, 2.05) is 0 Å². The van der Waals surface area contributed by atoms with Crippen LogP contribution in [0.25, 0.3) is 0 Å². The van der Waals surface area contributed by atoms with Crippen molar-refractivity contribution in [2.24, 2.45) is 0 Å². The monoisotopic (exact) mass is 1080 g/mol. The zero-order chi connectivity index (χ0) is 56.4. The van der Waals surface area contributed by atoms with Gasteiger partial charge in [0, 0.05) is 19.3 Å². The van der Waals surface area contributed by atoms with E-state index in [1.54, 1.807) is 0 Å². The van der Waals surface area contributed by atoms with E-state index in [4.69, 9.17) is 14.2 Å². The molecular weight excluding hydrogens is 961 g/mol. The van der Waals surface area contributed by atoms with Crippen molar-refractivity contribution < 1.29 is 28.6 Å². The number of rotatable bonds is 57. The van der Waals surface area contributed by atoms with Gasteiger partial charge in [0.1, 0.15) is 13.2 Å². The van der Waals surface area contributed by atoms with Crippen LogP contribution in [0.5, 0.6) is 0 Å². The summed E-state index contributed by atoms with van der Waals surface area (Å²) in [6, 6.07) is 0. The van der Waals surface area contributed by atoms with Gasteiger partial charge in [-0.05, 0) is 141 Å². The van der Waals surface area contributed by atoms with Gasteiger partial charge in [-0.2, -0.15) is 0 Å². The van der Waals surface area contributed by atoms with Crippen LogP contribution in [0, 0.1) is 0 Å². The third-order valence-electron chi connectivity index (χ3n) is 13.4. The molecule has 6 nitrogen and oxygen atoms in total. The van der Waals surface area contributed by atoms with Crippen molar-refractivity contribution in [1.29, 1.82) is 0 Å². The summed E-state index contributed by atoms with van der Waals surface area (Å²) in [5.41, 5.74) is 0. The molecule has 0 aromatic heterocycles. The lowest BCUT2D eigenvalue weighted by Gasteiger charge is -2.18. The maximum absolute atomic E-state index is 12.8. The predicted molar refractivity (Wildman–Crippen MR) is 339 cm³/mol. The molecule has 0 heterocycles. The number of hydrogen-bond donors (Lipinski definition) is 0. The second-order valence-corrected chi connectivity index (χ2v) is 20.9. The van der Waals surface area contributed by atoms with E-state index in [0.29, 0.717) is 19.3 Å². The number of unbranched alkanes of at least 4 members (excludes halogenated alkanes) is 24. The van der Waals surface area contributed by atoms with Crippen molar-refractivity contribution in [2.45, 2.75) is 290 Å². The highest BCUT2D eigenvalue weighted by molar-refractivity contribution is 5.71. The van der Waals surface area contributed by atoms with Gasteiger partial charge in [-0.1, -0.05) is 257 Å². The first-order valence-electron chi connectivity index (χ1n) is 32.2. The van der Waals surface area contributed by atoms with Crippen molar-refractivity contribution >= 4 is 17.9 Å². The number of hydrogen-bond acceptors (Lipinski definition) is 6. The molecule has 0 radical (unpaired) electrons. The topological polar surface area (TPSA) is 78.9 Å². The van der Waals surface area contributed by atoms with Crippen molar-refractivity contribution in [3.63, 3.8) is 0 Å². The Morgan fingerprint density at radius 2 is 0.500 bits per heavy atom. The summed E-state index contributed by atoms with van der Waals surface area (Å²) >= 11 is 0. The summed E-state index contributed by atoms with van der Waals surface area (Å²) in [4.78, 5) is 38.2. The fourth-order valence-corrected chi connectivity index (χ4v) is 8.54. The highest BCUT2D eigenvalue weighted by atomic mass is 16.6. The van der Waals surface area contributed by atoms with Crippen LogP contribution in [-0.2, 0) is 28.6 Å². The van der Waals surface area contributed by atoms with Gasteiger partial charge in [-0.3, -0.25) is 14.4 Å². The lowest BCUT2D eigenvalue weighted by Crippen LogP contribution is -2.30. The molecule has 0 N–H and O–H groups in total. The molecule has 6 heteroatoms.